The largest absolute Gasteiger partial charge is 0.462 e. The molecule has 0 radical (unpaired) electrons. The quantitative estimate of drug-likeness (QED) is 0.423. The van der Waals surface area contributed by atoms with Crippen LogP contribution in [0.1, 0.15) is 43.9 Å². The fraction of sp³-hybridized carbons (Fsp3) is 0.471. The summed E-state index contributed by atoms with van der Waals surface area (Å²) in [4.78, 5) is 11.3. The van der Waals surface area contributed by atoms with Gasteiger partial charge in [0, 0.05) is 5.57 Å². The number of carbonyl (C=O) groups excluding carboxylic acids is 1. The molecule has 0 bridgehead atoms. The molecular weight excluding hydrogens is 236 g/mol. The number of ether oxygens (including phenoxy) is 1. The van der Waals surface area contributed by atoms with Gasteiger partial charge in [-0.15, -0.1) is 0 Å². The van der Waals surface area contributed by atoms with Crippen molar-refractivity contribution >= 4 is 5.97 Å². The fourth-order valence-corrected chi connectivity index (χ4v) is 2.26. The molecule has 1 aromatic rings. The van der Waals surface area contributed by atoms with Gasteiger partial charge in [0.05, 0.1) is 6.61 Å². The van der Waals surface area contributed by atoms with Crippen molar-refractivity contribution in [2.45, 2.75) is 46.5 Å². The molecule has 0 spiro atoms. The van der Waals surface area contributed by atoms with Crippen molar-refractivity contribution in [2.75, 3.05) is 6.61 Å². The second kappa shape index (κ2) is 7.78. The Balaban J connectivity index is 2.54. The first-order chi connectivity index (χ1) is 9.10. The van der Waals surface area contributed by atoms with E-state index in [2.05, 4.69) is 38.6 Å². The van der Waals surface area contributed by atoms with Crippen LogP contribution in [0.3, 0.4) is 0 Å². The summed E-state index contributed by atoms with van der Waals surface area (Å²) in [5.74, 6) is -0.293. The predicted octanol–water partition coefficient (Wildman–Crippen LogP) is 3.86. The molecule has 0 saturated heterocycles. The molecule has 0 aromatic heterocycles. The summed E-state index contributed by atoms with van der Waals surface area (Å²) >= 11 is 0. The average Bonchev–Trinajstić information content (AvgIpc) is 2.42. The van der Waals surface area contributed by atoms with Crippen LogP contribution in [0.5, 0.6) is 0 Å². The lowest BCUT2D eigenvalue weighted by molar-refractivity contribution is -0.139. The normalized spacial score (nSPS) is 10.3. The first-order valence-electron chi connectivity index (χ1n) is 7.02. The summed E-state index contributed by atoms with van der Waals surface area (Å²) in [6.45, 7) is 10.1. The lowest BCUT2D eigenvalue weighted by Gasteiger charge is -2.12. The van der Waals surface area contributed by atoms with Gasteiger partial charge >= 0.3 is 5.97 Å². The zero-order chi connectivity index (χ0) is 14.3. The fourth-order valence-electron chi connectivity index (χ4n) is 2.26. The lowest BCUT2D eigenvalue weighted by Crippen LogP contribution is -2.07. The highest BCUT2D eigenvalue weighted by Gasteiger charge is 2.06. The van der Waals surface area contributed by atoms with Crippen LogP contribution in [0.4, 0.5) is 0 Å². The van der Waals surface area contributed by atoms with E-state index in [1.807, 2.05) is 0 Å². The summed E-state index contributed by atoms with van der Waals surface area (Å²) < 4.78 is 5.12. The van der Waals surface area contributed by atoms with Crippen LogP contribution >= 0.6 is 0 Å². The van der Waals surface area contributed by atoms with Crippen molar-refractivity contribution < 1.29 is 9.53 Å². The highest BCUT2D eigenvalue weighted by molar-refractivity contribution is 5.86. The maximum absolute atomic E-state index is 11.3. The third-order valence-corrected chi connectivity index (χ3v) is 3.28. The van der Waals surface area contributed by atoms with Crippen molar-refractivity contribution in [1.82, 2.24) is 0 Å². The highest BCUT2D eigenvalue weighted by Crippen LogP contribution is 2.18. The van der Waals surface area contributed by atoms with Crippen molar-refractivity contribution in [3.8, 4) is 0 Å². The third kappa shape index (κ3) is 4.55. The van der Waals surface area contributed by atoms with E-state index in [1.54, 1.807) is 6.92 Å². The van der Waals surface area contributed by atoms with E-state index >= 15 is 0 Å². The van der Waals surface area contributed by atoms with Crippen molar-refractivity contribution in [1.29, 1.82) is 0 Å². The molecule has 0 N–H and O–H groups in total. The molecule has 19 heavy (non-hydrogen) atoms. The molecule has 2 heteroatoms. The van der Waals surface area contributed by atoms with Gasteiger partial charge in [-0.3, -0.25) is 0 Å². The summed E-state index contributed by atoms with van der Waals surface area (Å²) in [6.07, 6.45) is 3.95. The standard InChI is InChI=1S/C17H24O2/c1-5-14-9-7-10-15(16(14)6-2)11-8-12-19-17(18)13(3)4/h7,9-10H,3,5-6,8,11-12H2,1-2,4H3. The number of esters is 1. The molecule has 0 amide bonds. The highest BCUT2D eigenvalue weighted by atomic mass is 16.5. The van der Waals surface area contributed by atoms with Crippen LogP contribution in [0.15, 0.2) is 30.4 Å². The number of hydrogen-bond acceptors (Lipinski definition) is 2. The van der Waals surface area contributed by atoms with Gasteiger partial charge < -0.3 is 4.74 Å². The minimum Gasteiger partial charge on any atom is -0.462 e. The molecule has 0 aliphatic carbocycles. The smallest absolute Gasteiger partial charge is 0.333 e. The molecule has 0 heterocycles. The Morgan fingerprint density at radius 1 is 1.21 bits per heavy atom. The molecule has 2 nitrogen and oxygen atoms in total. The first-order valence-corrected chi connectivity index (χ1v) is 7.02. The van der Waals surface area contributed by atoms with E-state index in [9.17, 15) is 4.79 Å². The Kier molecular flexibility index (Phi) is 6.34. The predicted molar refractivity (Wildman–Crippen MR) is 79.3 cm³/mol. The van der Waals surface area contributed by atoms with E-state index in [0.717, 1.165) is 25.7 Å². The van der Waals surface area contributed by atoms with Gasteiger partial charge in [0.15, 0.2) is 0 Å². The number of carbonyl (C=O) groups is 1. The topological polar surface area (TPSA) is 26.3 Å². The van der Waals surface area contributed by atoms with Crippen LogP contribution in [-0.2, 0) is 28.8 Å². The number of benzene rings is 1. The molecule has 0 aliphatic heterocycles. The summed E-state index contributed by atoms with van der Waals surface area (Å²) in [5.41, 5.74) is 4.73. The molecule has 0 unspecified atom stereocenters. The zero-order valence-electron chi connectivity index (χ0n) is 12.3. The Labute approximate surface area is 116 Å². The van der Waals surface area contributed by atoms with E-state index in [0.29, 0.717) is 12.2 Å². The van der Waals surface area contributed by atoms with Gasteiger partial charge in [0.1, 0.15) is 0 Å². The number of aryl methyl sites for hydroxylation is 2. The van der Waals surface area contributed by atoms with Crippen LogP contribution in [0.25, 0.3) is 0 Å². The molecule has 1 aromatic carbocycles. The number of rotatable bonds is 7. The summed E-state index contributed by atoms with van der Waals surface area (Å²) in [6, 6.07) is 6.50. The first kappa shape index (κ1) is 15.5. The summed E-state index contributed by atoms with van der Waals surface area (Å²) in [5, 5.41) is 0. The number of hydrogen-bond donors (Lipinski definition) is 0. The molecule has 0 atom stereocenters. The van der Waals surface area contributed by atoms with E-state index in [4.69, 9.17) is 4.74 Å². The maximum Gasteiger partial charge on any atom is 0.333 e. The maximum atomic E-state index is 11.3. The van der Waals surface area contributed by atoms with E-state index in [-0.39, 0.29) is 5.97 Å². The molecule has 0 aliphatic rings. The zero-order valence-corrected chi connectivity index (χ0v) is 12.3. The van der Waals surface area contributed by atoms with E-state index < -0.39 is 0 Å². The van der Waals surface area contributed by atoms with Crippen molar-refractivity contribution in [3.63, 3.8) is 0 Å². The van der Waals surface area contributed by atoms with Gasteiger partial charge in [0.25, 0.3) is 0 Å². The monoisotopic (exact) mass is 260 g/mol. The van der Waals surface area contributed by atoms with Gasteiger partial charge in [-0.25, -0.2) is 4.79 Å². The van der Waals surface area contributed by atoms with Gasteiger partial charge in [0.2, 0.25) is 0 Å². The van der Waals surface area contributed by atoms with Gasteiger partial charge in [-0.05, 0) is 49.3 Å². The second-order valence-electron chi connectivity index (χ2n) is 4.78. The van der Waals surface area contributed by atoms with Crippen molar-refractivity contribution in [2.24, 2.45) is 0 Å². The summed E-state index contributed by atoms with van der Waals surface area (Å²) in [7, 11) is 0. The molecule has 1 rings (SSSR count). The van der Waals surface area contributed by atoms with E-state index in [1.165, 1.54) is 16.7 Å². The second-order valence-corrected chi connectivity index (χ2v) is 4.78. The minimum atomic E-state index is -0.293. The van der Waals surface area contributed by atoms with Gasteiger partial charge in [-0.2, -0.15) is 0 Å². The molecule has 0 fully saturated rings. The van der Waals surface area contributed by atoms with Crippen LogP contribution in [0, 0.1) is 0 Å². The van der Waals surface area contributed by atoms with Crippen LogP contribution < -0.4 is 0 Å². The molecule has 104 valence electrons. The Morgan fingerprint density at radius 3 is 2.47 bits per heavy atom. The average molecular weight is 260 g/mol. The van der Waals surface area contributed by atoms with Crippen LogP contribution in [0.2, 0.25) is 0 Å². The Bertz CT molecular complexity index is 447. The third-order valence-electron chi connectivity index (χ3n) is 3.28. The Morgan fingerprint density at radius 2 is 1.89 bits per heavy atom. The Hall–Kier alpha value is -1.57. The van der Waals surface area contributed by atoms with Crippen molar-refractivity contribution in [3.05, 3.63) is 47.0 Å². The minimum absolute atomic E-state index is 0.293. The molecular formula is C17H24O2. The van der Waals surface area contributed by atoms with Crippen LogP contribution in [-0.4, -0.2) is 12.6 Å². The SMILES string of the molecule is C=C(C)C(=O)OCCCc1cccc(CC)c1CC. The van der Waals surface area contributed by atoms with Gasteiger partial charge in [-0.1, -0.05) is 38.6 Å². The lowest BCUT2D eigenvalue weighted by atomic mass is 9.94. The molecule has 0 saturated carbocycles.